The van der Waals surface area contributed by atoms with Gasteiger partial charge in [-0.2, -0.15) is 0 Å². The number of carbonyl (C=O) groups excluding carboxylic acids is 1. The summed E-state index contributed by atoms with van der Waals surface area (Å²) in [7, 11) is 0. The summed E-state index contributed by atoms with van der Waals surface area (Å²) in [5.41, 5.74) is -0.937. The molecule has 0 aromatic heterocycles. The number of alkyl halides is 3. The molecule has 1 unspecified atom stereocenters. The molecule has 1 N–H and O–H groups in total. The van der Waals surface area contributed by atoms with E-state index < -0.39 is 29.5 Å². The second-order valence-electron chi connectivity index (χ2n) is 5.60. The molecular weight excluding hydrogens is 315 g/mol. The Labute approximate surface area is 130 Å². The summed E-state index contributed by atoms with van der Waals surface area (Å²) in [5.74, 6) is -1.93. The largest absolute Gasteiger partial charge is 0.573 e. The van der Waals surface area contributed by atoms with Crippen molar-refractivity contribution in [3.05, 3.63) is 29.8 Å². The number of hydrogen-bond acceptors (Lipinski definition) is 3. The fourth-order valence-electron chi connectivity index (χ4n) is 2.71. The Kier molecular flexibility index (Phi) is 4.53. The third-order valence-electron chi connectivity index (χ3n) is 3.89. The molecule has 1 aromatic carbocycles. The third kappa shape index (κ3) is 3.94. The number of benzene rings is 1. The van der Waals surface area contributed by atoms with E-state index in [-0.39, 0.29) is 6.42 Å². The first kappa shape index (κ1) is 17.1. The normalized spacial score (nSPS) is 21.3. The standard InChI is InChI=1S/C15H16F3NO4/c1-14(13(21)22)6-3-7-19(14)12(20)9-10-4-2-5-11(8-10)23-15(16,17)18/h2,4-5,8H,3,6-7,9H2,1H3,(H,21,22). The van der Waals surface area contributed by atoms with Crippen molar-refractivity contribution >= 4 is 11.9 Å². The lowest BCUT2D eigenvalue weighted by atomic mass is 9.98. The minimum atomic E-state index is -4.81. The molecule has 0 bridgehead atoms. The number of carbonyl (C=O) groups is 2. The molecule has 1 fully saturated rings. The van der Waals surface area contributed by atoms with Crippen molar-refractivity contribution in [2.24, 2.45) is 0 Å². The Morgan fingerprint density at radius 3 is 2.70 bits per heavy atom. The van der Waals surface area contributed by atoms with Crippen LogP contribution < -0.4 is 4.74 Å². The fourth-order valence-corrected chi connectivity index (χ4v) is 2.71. The third-order valence-corrected chi connectivity index (χ3v) is 3.89. The molecule has 2 rings (SSSR count). The summed E-state index contributed by atoms with van der Waals surface area (Å²) < 4.78 is 40.4. The van der Waals surface area contributed by atoms with Gasteiger partial charge in [0.1, 0.15) is 11.3 Å². The number of rotatable bonds is 4. The molecule has 5 nitrogen and oxygen atoms in total. The summed E-state index contributed by atoms with van der Waals surface area (Å²) in [6.07, 6.45) is -4.06. The average Bonchev–Trinajstić information content (AvgIpc) is 2.80. The molecule has 1 saturated heterocycles. The Balaban J connectivity index is 2.12. The van der Waals surface area contributed by atoms with Gasteiger partial charge in [0.15, 0.2) is 0 Å². The first-order valence-corrected chi connectivity index (χ1v) is 7.00. The van der Waals surface area contributed by atoms with Crippen LogP contribution in [0, 0.1) is 0 Å². The van der Waals surface area contributed by atoms with E-state index in [9.17, 15) is 27.9 Å². The molecule has 0 saturated carbocycles. The molecule has 23 heavy (non-hydrogen) atoms. The summed E-state index contributed by atoms with van der Waals surface area (Å²) in [6, 6.07) is 5.11. The Hall–Kier alpha value is -2.25. The highest BCUT2D eigenvalue weighted by Crippen LogP contribution is 2.30. The lowest BCUT2D eigenvalue weighted by molar-refractivity contribution is -0.274. The monoisotopic (exact) mass is 331 g/mol. The van der Waals surface area contributed by atoms with E-state index in [1.807, 2.05) is 0 Å². The SMILES string of the molecule is CC1(C(=O)O)CCCN1C(=O)Cc1cccc(OC(F)(F)F)c1. The van der Waals surface area contributed by atoms with Crippen LogP contribution in [-0.2, 0) is 16.0 Å². The van der Waals surface area contributed by atoms with Gasteiger partial charge in [0.2, 0.25) is 5.91 Å². The van der Waals surface area contributed by atoms with E-state index in [0.29, 0.717) is 24.9 Å². The van der Waals surface area contributed by atoms with E-state index in [1.54, 1.807) is 0 Å². The van der Waals surface area contributed by atoms with Crippen molar-refractivity contribution < 1.29 is 32.6 Å². The van der Waals surface area contributed by atoms with Gasteiger partial charge < -0.3 is 14.7 Å². The molecule has 1 aromatic rings. The van der Waals surface area contributed by atoms with Gasteiger partial charge >= 0.3 is 12.3 Å². The van der Waals surface area contributed by atoms with Crippen LogP contribution in [0.25, 0.3) is 0 Å². The second-order valence-corrected chi connectivity index (χ2v) is 5.60. The molecule has 8 heteroatoms. The van der Waals surface area contributed by atoms with Gasteiger partial charge in [-0.3, -0.25) is 4.79 Å². The highest BCUT2D eigenvalue weighted by molar-refractivity contribution is 5.88. The van der Waals surface area contributed by atoms with Gasteiger partial charge in [-0.15, -0.1) is 13.2 Å². The van der Waals surface area contributed by atoms with Gasteiger partial charge in [0.05, 0.1) is 6.42 Å². The minimum absolute atomic E-state index is 0.183. The quantitative estimate of drug-likeness (QED) is 0.921. The topological polar surface area (TPSA) is 66.8 Å². The van der Waals surface area contributed by atoms with Gasteiger partial charge in [-0.05, 0) is 37.5 Å². The number of hydrogen-bond donors (Lipinski definition) is 1. The number of ether oxygens (including phenoxy) is 1. The van der Waals surface area contributed by atoms with Crippen LogP contribution in [0.3, 0.4) is 0 Å². The summed E-state index contributed by atoms with van der Waals surface area (Å²) in [6.45, 7) is 1.80. The molecule has 1 heterocycles. The molecule has 126 valence electrons. The fraction of sp³-hybridized carbons (Fsp3) is 0.467. The first-order valence-electron chi connectivity index (χ1n) is 7.00. The van der Waals surface area contributed by atoms with Crippen molar-refractivity contribution in [1.29, 1.82) is 0 Å². The van der Waals surface area contributed by atoms with E-state index in [0.717, 1.165) is 12.1 Å². The Bertz CT molecular complexity index is 617. The molecule has 0 spiro atoms. The van der Waals surface area contributed by atoms with Gasteiger partial charge in [-0.1, -0.05) is 12.1 Å². The Morgan fingerprint density at radius 1 is 1.39 bits per heavy atom. The van der Waals surface area contributed by atoms with E-state index >= 15 is 0 Å². The smallest absolute Gasteiger partial charge is 0.480 e. The number of halogens is 3. The molecule has 1 atom stereocenters. The lowest BCUT2D eigenvalue weighted by Crippen LogP contribution is -2.51. The summed E-state index contributed by atoms with van der Waals surface area (Å²) in [5, 5.41) is 9.29. The maximum atomic E-state index is 12.3. The Morgan fingerprint density at radius 2 is 2.09 bits per heavy atom. The van der Waals surface area contributed by atoms with Crippen LogP contribution in [0.5, 0.6) is 5.75 Å². The first-order chi connectivity index (χ1) is 10.6. The van der Waals surface area contributed by atoms with E-state index in [1.165, 1.54) is 24.0 Å². The zero-order valence-corrected chi connectivity index (χ0v) is 12.4. The predicted molar refractivity (Wildman–Crippen MR) is 73.8 cm³/mol. The molecule has 1 amide bonds. The van der Waals surface area contributed by atoms with Crippen LogP contribution in [0.2, 0.25) is 0 Å². The number of carboxylic acid groups (broad SMARTS) is 1. The van der Waals surface area contributed by atoms with Crippen molar-refractivity contribution in [2.75, 3.05) is 6.54 Å². The van der Waals surface area contributed by atoms with Crippen LogP contribution in [0.4, 0.5) is 13.2 Å². The predicted octanol–water partition coefficient (Wildman–Crippen LogP) is 2.59. The van der Waals surface area contributed by atoms with E-state index in [2.05, 4.69) is 4.74 Å². The van der Waals surface area contributed by atoms with Crippen LogP contribution in [-0.4, -0.2) is 40.3 Å². The van der Waals surface area contributed by atoms with Crippen molar-refractivity contribution in [1.82, 2.24) is 4.90 Å². The van der Waals surface area contributed by atoms with Crippen molar-refractivity contribution in [3.8, 4) is 5.75 Å². The zero-order valence-electron chi connectivity index (χ0n) is 12.4. The maximum Gasteiger partial charge on any atom is 0.573 e. The number of nitrogens with zero attached hydrogens (tertiary/aromatic N) is 1. The van der Waals surface area contributed by atoms with Crippen molar-refractivity contribution in [2.45, 2.75) is 38.1 Å². The van der Waals surface area contributed by atoms with Gasteiger partial charge in [-0.25, -0.2) is 4.79 Å². The van der Waals surface area contributed by atoms with Crippen molar-refractivity contribution in [3.63, 3.8) is 0 Å². The summed E-state index contributed by atoms with van der Waals surface area (Å²) >= 11 is 0. The second kappa shape index (κ2) is 6.10. The highest BCUT2D eigenvalue weighted by atomic mass is 19.4. The number of amides is 1. The maximum absolute atomic E-state index is 12.3. The van der Waals surface area contributed by atoms with Crippen LogP contribution in [0.1, 0.15) is 25.3 Å². The molecule has 0 radical (unpaired) electrons. The van der Waals surface area contributed by atoms with Crippen LogP contribution in [0.15, 0.2) is 24.3 Å². The molecular formula is C15H16F3NO4. The molecule has 1 aliphatic rings. The number of carboxylic acids is 1. The lowest BCUT2D eigenvalue weighted by Gasteiger charge is -2.31. The molecule has 0 aliphatic carbocycles. The van der Waals surface area contributed by atoms with Crippen LogP contribution >= 0.6 is 0 Å². The van der Waals surface area contributed by atoms with Gasteiger partial charge in [0.25, 0.3) is 0 Å². The highest BCUT2D eigenvalue weighted by Gasteiger charge is 2.45. The zero-order chi connectivity index (χ0) is 17.3. The minimum Gasteiger partial charge on any atom is -0.480 e. The molecule has 1 aliphatic heterocycles. The summed E-state index contributed by atoms with van der Waals surface area (Å²) in [4.78, 5) is 25.0. The number of aliphatic carboxylic acids is 1. The van der Waals surface area contributed by atoms with Gasteiger partial charge in [0, 0.05) is 6.54 Å². The van der Waals surface area contributed by atoms with E-state index in [4.69, 9.17) is 0 Å². The number of likely N-dealkylation sites (tertiary alicyclic amines) is 1. The average molecular weight is 331 g/mol.